The third kappa shape index (κ3) is 5.96. The fourth-order valence-corrected chi connectivity index (χ4v) is 6.20. The van der Waals surface area contributed by atoms with Crippen LogP contribution in [-0.4, -0.2) is 57.9 Å². The molecular weight excluding hydrogens is 580 g/mol. The quantitative estimate of drug-likeness (QED) is 0.245. The lowest BCUT2D eigenvalue weighted by Gasteiger charge is -2.39. The highest BCUT2D eigenvalue weighted by Gasteiger charge is 2.45. The molecule has 0 amide bonds. The van der Waals surface area contributed by atoms with Crippen LogP contribution in [0.25, 0.3) is 22.0 Å². The largest absolute Gasteiger partial charge is 0.480 e. The molecular formula is C31H30F4N6O3. The number of fused-ring (bicyclic) bond motifs is 1. The van der Waals surface area contributed by atoms with Gasteiger partial charge in [-0.05, 0) is 66.5 Å². The van der Waals surface area contributed by atoms with Gasteiger partial charge in [-0.15, -0.1) is 0 Å². The molecule has 9 nitrogen and oxygen atoms in total. The molecule has 4 aromatic rings. The summed E-state index contributed by atoms with van der Waals surface area (Å²) in [6, 6.07) is 11.9. The summed E-state index contributed by atoms with van der Waals surface area (Å²) in [6.45, 7) is 3.23. The van der Waals surface area contributed by atoms with E-state index in [1.54, 1.807) is 37.3 Å². The van der Waals surface area contributed by atoms with E-state index in [0.29, 0.717) is 72.3 Å². The van der Waals surface area contributed by atoms with E-state index in [1.165, 1.54) is 18.2 Å². The summed E-state index contributed by atoms with van der Waals surface area (Å²) >= 11 is 0. The van der Waals surface area contributed by atoms with Crippen molar-refractivity contribution in [3.8, 4) is 17.0 Å². The Morgan fingerprint density at radius 2 is 1.84 bits per heavy atom. The summed E-state index contributed by atoms with van der Waals surface area (Å²) in [7, 11) is 0. The van der Waals surface area contributed by atoms with Gasteiger partial charge in [-0.25, -0.2) is 4.39 Å². The van der Waals surface area contributed by atoms with Gasteiger partial charge in [0.2, 0.25) is 17.9 Å². The highest BCUT2D eigenvalue weighted by molar-refractivity contribution is 5.84. The molecule has 0 bridgehead atoms. The fourth-order valence-electron chi connectivity index (χ4n) is 6.20. The van der Waals surface area contributed by atoms with E-state index in [4.69, 9.17) is 10.5 Å². The lowest BCUT2D eigenvalue weighted by atomic mass is 9.76. The van der Waals surface area contributed by atoms with E-state index in [0.717, 1.165) is 6.20 Å². The smallest absolute Gasteiger partial charge is 0.429 e. The van der Waals surface area contributed by atoms with Crippen molar-refractivity contribution < 1.29 is 32.2 Å². The Morgan fingerprint density at radius 3 is 2.52 bits per heavy atom. The summed E-state index contributed by atoms with van der Waals surface area (Å²) < 4.78 is 62.5. The zero-order valence-corrected chi connectivity index (χ0v) is 23.7. The number of carboxylic acids is 1. The van der Waals surface area contributed by atoms with Gasteiger partial charge in [-0.3, -0.25) is 9.78 Å². The van der Waals surface area contributed by atoms with Gasteiger partial charge < -0.3 is 25.8 Å². The number of carboxylic acid groups (broad SMARTS) is 1. The van der Waals surface area contributed by atoms with Crippen molar-refractivity contribution in [3.63, 3.8) is 0 Å². The van der Waals surface area contributed by atoms with Gasteiger partial charge in [0, 0.05) is 36.7 Å². The van der Waals surface area contributed by atoms with Gasteiger partial charge in [0.25, 0.3) is 0 Å². The lowest BCUT2D eigenvalue weighted by molar-refractivity contribution is -0.198. The number of hydrogen-bond donors (Lipinski definition) is 3. The molecule has 4 heterocycles. The first-order valence-electron chi connectivity index (χ1n) is 14.1. The number of halogens is 4. The van der Waals surface area contributed by atoms with E-state index in [9.17, 15) is 27.5 Å². The number of carbonyl (C=O) groups is 1. The lowest BCUT2D eigenvalue weighted by Crippen LogP contribution is -2.41. The Balaban J connectivity index is 1.22. The third-order valence-electron chi connectivity index (χ3n) is 8.58. The highest BCUT2D eigenvalue weighted by atomic mass is 19.4. The van der Waals surface area contributed by atoms with Crippen LogP contribution < -0.4 is 20.7 Å². The molecule has 0 radical (unpaired) electrons. The molecule has 6 rings (SSSR count). The number of piperidine rings is 1. The number of pyridine rings is 1. The number of nitrogens with one attached hydrogen (secondary N) is 1. The van der Waals surface area contributed by atoms with Crippen molar-refractivity contribution in [2.24, 2.45) is 5.41 Å². The van der Waals surface area contributed by atoms with Gasteiger partial charge >= 0.3 is 12.1 Å². The van der Waals surface area contributed by atoms with Crippen molar-refractivity contribution in [2.75, 3.05) is 30.3 Å². The maximum absolute atomic E-state index is 14.4. The van der Waals surface area contributed by atoms with Crippen molar-refractivity contribution in [2.45, 2.75) is 44.5 Å². The average Bonchev–Trinajstić information content (AvgIpc) is 3.39. The SMILES string of the molecule is Cc1cc(-c2ccc3ncc(F)cc3c2)ccc1C(Oc1cc(N2CCC3(CC2)CN[C@H](C(=O)O)C3)nc(N)n1)C(F)(F)F. The molecule has 2 aromatic carbocycles. The molecule has 1 unspecified atom stereocenters. The van der Waals surface area contributed by atoms with Crippen LogP contribution in [0.2, 0.25) is 0 Å². The minimum Gasteiger partial charge on any atom is -0.480 e. The Bertz CT molecular complexity index is 1720. The topological polar surface area (TPSA) is 126 Å². The molecule has 2 atom stereocenters. The number of nitrogens with two attached hydrogens (primary N) is 1. The monoisotopic (exact) mass is 610 g/mol. The van der Waals surface area contributed by atoms with Gasteiger partial charge in [0.1, 0.15) is 17.7 Å². The number of alkyl halides is 3. The highest BCUT2D eigenvalue weighted by Crippen LogP contribution is 2.42. The molecule has 0 saturated carbocycles. The minimum atomic E-state index is -4.77. The Labute approximate surface area is 250 Å². The average molecular weight is 611 g/mol. The van der Waals surface area contributed by atoms with Crippen molar-refractivity contribution >= 4 is 28.6 Å². The number of nitrogen functional groups attached to an aromatic ring is 1. The van der Waals surface area contributed by atoms with Crippen LogP contribution in [-0.2, 0) is 4.79 Å². The maximum atomic E-state index is 14.4. The van der Waals surface area contributed by atoms with Crippen LogP contribution in [0.15, 0.2) is 54.7 Å². The molecule has 230 valence electrons. The number of benzene rings is 2. The number of ether oxygens (including phenoxy) is 1. The summed E-state index contributed by atoms with van der Waals surface area (Å²) in [5, 5.41) is 13.0. The summed E-state index contributed by atoms with van der Waals surface area (Å²) in [4.78, 5) is 25.5. The second-order valence-electron chi connectivity index (χ2n) is 11.6. The second kappa shape index (κ2) is 11.2. The molecule has 0 aliphatic carbocycles. The van der Waals surface area contributed by atoms with Gasteiger partial charge in [0.05, 0.1) is 11.7 Å². The summed E-state index contributed by atoms with van der Waals surface area (Å²) in [5.74, 6) is -1.54. The molecule has 1 spiro atoms. The van der Waals surface area contributed by atoms with Gasteiger partial charge in [0.15, 0.2) is 0 Å². The third-order valence-corrected chi connectivity index (χ3v) is 8.58. The van der Waals surface area contributed by atoms with E-state index < -0.39 is 30.1 Å². The number of aliphatic carboxylic acids is 1. The number of hydrogen-bond acceptors (Lipinski definition) is 8. The fraction of sp³-hybridized carbons (Fsp3) is 0.355. The van der Waals surface area contributed by atoms with Crippen molar-refractivity contribution in [3.05, 3.63) is 71.7 Å². The van der Waals surface area contributed by atoms with E-state index in [-0.39, 0.29) is 22.8 Å². The number of nitrogens with zero attached hydrogens (tertiary/aromatic N) is 4. The van der Waals surface area contributed by atoms with Crippen LogP contribution in [0, 0.1) is 18.2 Å². The van der Waals surface area contributed by atoms with Gasteiger partial charge in [-0.1, -0.05) is 24.3 Å². The van der Waals surface area contributed by atoms with Crippen LogP contribution >= 0.6 is 0 Å². The predicted octanol–water partition coefficient (Wildman–Crippen LogP) is 5.44. The molecule has 13 heteroatoms. The van der Waals surface area contributed by atoms with Crippen LogP contribution in [0.1, 0.15) is 36.5 Å². The molecule has 44 heavy (non-hydrogen) atoms. The van der Waals surface area contributed by atoms with Crippen LogP contribution in [0.4, 0.5) is 29.3 Å². The summed E-state index contributed by atoms with van der Waals surface area (Å²) in [6.07, 6.45) is -4.05. The molecule has 2 aliphatic heterocycles. The summed E-state index contributed by atoms with van der Waals surface area (Å²) in [5.41, 5.74) is 7.97. The zero-order valence-electron chi connectivity index (χ0n) is 23.7. The standard InChI is InChI=1S/C31H30F4N6O3/c1-17-10-18(19-3-5-23-20(11-19)12-21(32)15-37-23)2-4-22(17)27(31(33,34)35)44-26-13-25(39-29(36)40-26)41-8-6-30(7-9-41)14-24(28(42)43)38-16-30/h2-5,10-13,15,24,27,38H,6-9,14,16H2,1H3,(H,42,43)(H2,36,39,40)/t24-,27?/m0/s1. The first-order valence-corrected chi connectivity index (χ1v) is 14.1. The zero-order chi connectivity index (χ0) is 31.2. The molecule has 4 N–H and O–H groups in total. The predicted molar refractivity (Wildman–Crippen MR) is 156 cm³/mol. The molecule has 2 aliphatic rings. The van der Waals surface area contributed by atoms with Crippen LogP contribution in [0.3, 0.4) is 0 Å². The Kier molecular flexibility index (Phi) is 7.52. The number of rotatable bonds is 6. The van der Waals surface area contributed by atoms with E-state index in [2.05, 4.69) is 20.3 Å². The van der Waals surface area contributed by atoms with E-state index >= 15 is 0 Å². The Hall–Kier alpha value is -4.52. The number of aryl methyl sites for hydroxylation is 1. The minimum absolute atomic E-state index is 0.0879. The van der Waals surface area contributed by atoms with E-state index in [1.807, 2.05) is 4.90 Å². The molecule has 2 saturated heterocycles. The first kappa shape index (κ1) is 29.5. The molecule has 2 fully saturated rings. The van der Waals surface area contributed by atoms with Gasteiger partial charge in [-0.2, -0.15) is 23.1 Å². The van der Waals surface area contributed by atoms with Crippen molar-refractivity contribution in [1.29, 1.82) is 0 Å². The Morgan fingerprint density at radius 1 is 1.11 bits per heavy atom. The van der Waals surface area contributed by atoms with Crippen molar-refractivity contribution in [1.82, 2.24) is 20.3 Å². The molecule has 2 aromatic heterocycles. The number of anilines is 2. The number of aromatic nitrogens is 3. The normalized spacial score (nSPS) is 18.9. The first-order chi connectivity index (χ1) is 20.9. The second-order valence-corrected chi connectivity index (χ2v) is 11.6. The maximum Gasteiger partial charge on any atom is 0.429 e. The van der Waals surface area contributed by atoms with Crippen LogP contribution in [0.5, 0.6) is 5.88 Å².